The zero-order valence-electron chi connectivity index (χ0n) is 18.2. The van der Waals surface area contributed by atoms with E-state index in [1.54, 1.807) is 14.2 Å². The quantitative estimate of drug-likeness (QED) is 0.428. The molecule has 0 bridgehead atoms. The molecule has 7 heteroatoms. The van der Waals surface area contributed by atoms with Crippen molar-refractivity contribution < 1.29 is 18.9 Å². The molecule has 31 heavy (non-hydrogen) atoms. The minimum atomic E-state index is 0.455. The van der Waals surface area contributed by atoms with E-state index in [0.717, 1.165) is 38.0 Å². The molecule has 2 heterocycles. The van der Waals surface area contributed by atoms with Gasteiger partial charge in [0.2, 0.25) is 5.75 Å². The SMILES string of the molecule is COc1cccc(OC)c1OCCOCCN1CCC(c2nc3ccccc3s2)CC1. The number of para-hydroxylation sites is 2. The van der Waals surface area contributed by atoms with Crippen molar-refractivity contribution in [3.05, 3.63) is 47.5 Å². The third kappa shape index (κ3) is 5.47. The molecule has 3 aromatic rings. The van der Waals surface area contributed by atoms with Crippen molar-refractivity contribution in [1.29, 1.82) is 0 Å². The lowest BCUT2D eigenvalue weighted by Gasteiger charge is -2.30. The van der Waals surface area contributed by atoms with Gasteiger partial charge in [-0.2, -0.15) is 0 Å². The Hall–Kier alpha value is -2.35. The predicted molar refractivity (Wildman–Crippen MR) is 124 cm³/mol. The molecule has 0 saturated carbocycles. The fourth-order valence-corrected chi connectivity index (χ4v) is 5.06. The van der Waals surface area contributed by atoms with Gasteiger partial charge < -0.3 is 23.8 Å². The Kier molecular flexibility index (Phi) is 7.61. The number of fused-ring (bicyclic) bond motifs is 1. The van der Waals surface area contributed by atoms with Gasteiger partial charge in [0.25, 0.3) is 0 Å². The van der Waals surface area contributed by atoms with Crippen LogP contribution in [0.15, 0.2) is 42.5 Å². The lowest BCUT2D eigenvalue weighted by molar-refractivity contribution is 0.0720. The summed E-state index contributed by atoms with van der Waals surface area (Å²) < 4.78 is 23.6. The van der Waals surface area contributed by atoms with E-state index in [2.05, 4.69) is 29.2 Å². The van der Waals surface area contributed by atoms with Crippen LogP contribution in [0.5, 0.6) is 17.2 Å². The van der Waals surface area contributed by atoms with E-state index >= 15 is 0 Å². The van der Waals surface area contributed by atoms with Gasteiger partial charge in [-0.3, -0.25) is 0 Å². The summed E-state index contributed by atoms with van der Waals surface area (Å²) in [5, 5.41) is 1.29. The van der Waals surface area contributed by atoms with Crippen molar-refractivity contribution in [2.45, 2.75) is 18.8 Å². The third-order valence-electron chi connectivity index (χ3n) is 5.66. The first-order valence-corrected chi connectivity index (χ1v) is 11.6. The van der Waals surface area contributed by atoms with Crippen LogP contribution in [0.3, 0.4) is 0 Å². The predicted octanol–water partition coefficient (Wildman–Crippen LogP) is 4.59. The summed E-state index contributed by atoms with van der Waals surface area (Å²) >= 11 is 1.85. The van der Waals surface area contributed by atoms with Gasteiger partial charge in [0, 0.05) is 12.5 Å². The largest absolute Gasteiger partial charge is 0.493 e. The molecule has 4 rings (SSSR count). The second-order valence-corrected chi connectivity index (χ2v) is 8.65. The van der Waals surface area contributed by atoms with E-state index in [0.29, 0.717) is 43.0 Å². The fraction of sp³-hybridized carbons (Fsp3) is 0.458. The Morgan fingerprint density at radius 2 is 1.68 bits per heavy atom. The first-order valence-electron chi connectivity index (χ1n) is 10.8. The molecule has 0 spiro atoms. The van der Waals surface area contributed by atoms with Gasteiger partial charge in [0.05, 0.1) is 42.7 Å². The molecule has 0 amide bonds. The number of likely N-dealkylation sites (tertiary alicyclic amines) is 1. The van der Waals surface area contributed by atoms with Gasteiger partial charge in [-0.25, -0.2) is 4.98 Å². The molecule has 1 aromatic heterocycles. The van der Waals surface area contributed by atoms with Crippen molar-refractivity contribution in [3.63, 3.8) is 0 Å². The Morgan fingerprint density at radius 3 is 2.39 bits per heavy atom. The van der Waals surface area contributed by atoms with Gasteiger partial charge in [0.1, 0.15) is 6.61 Å². The number of thiazole rings is 1. The van der Waals surface area contributed by atoms with E-state index < -0.39 is 0 Å². The van der Waals surface area contributed by atoms with Gasteiger partial charge in [-0.05, 0) is 50.2 Å². The van der Waals surface area contributed by atoms with Crippen molar-refractivity contribution >= 4 is 21.6 Å². The van der Waals surface area contributed by atoms with Crippen LogP contribution in [-0.2, 0) is 4.74 Å². The maximum absolute atomic E-state index is 5.84. The van der Waals surface area contributed by atoms with E-state index in [1.807, 2.05) is 29.5 Å². The number of hydrogen-bond acceptors (Lipinski definition) is 7. The van der Waals surface area contributed by atoms with Crippen molar-refractivity contribution in [3.8, 4) is 17.2 Å². The maximum atomic E-state index is 5.84. The number of piperidine rings is 1. The molecular weight excluding hydrogens is 412 g/mol. The normalized spacial score (nSPS) is 15.3. The van der Waals surface area contributed by atoms with Crippen molar-refractivity contribution in [2.75, 3.05) is 53.7 Å². The molecule has 0 aliphatic carbocycles. The molecule has 0 unspecified atom stereocenters. The van der Waals surface area contributed by atoms with Crippen LogP contribution in [0.25, 0.3) is 10.2 Å². The van der Waals surface area contributed by atoms with E-state index in [1.165, 1.54) is 9.71 Å². The first kappa shape index (κ1) is 21.9. The fourth-order valence-electron chi connectivity index (χ4n) is 3.93. The second-order valence-electron chi connectivity index (χ2n) is 7.59. The standard InChI is InChI=1S/C24H30N2O4S/c1-27-20-7-5-8-21(28-2)23(20)30-17-16-29-15-14-26-12-10-18(11-13-26)24-25-19-6-3-4-9-22(19)31-24/h3-9,18H,10-17H2,1-2H3. The van der Waals surface area contributed by atoms with Crippen LogP contribution in [0, 0.1) is 0 Å². The lowest BCUT2D eigenvalue weighted by atomic mass is 9.97. The highest BCUT2D eigenvalue weighted by molar-refractivity contribution is 7.18. The first-order chi connectivity index (χ1) is 15.3. The molecule has 1 saturated heterocycles. The van der Waals surface area contributed by atoms with Crippen LogP contribution in [-0.4, -0.2) is 63.6 Å². The molecule has 166 valence electrons. The van der Waals surface area contributed by atoms with Crippen molar-refractivity contribution in [2.24, 2.45) is 0 Å². The van der Waals surface area contributed by atoms with Crippen LogP contribution in [0.2, 0.25) is 0 Å². The molecule has 0 atom stereocenters. The lowest BCUT2D eigenvalue weighted by Crippen LogP contribution is -2.35. The van der Waals surface area contributed by atoms with Crippen LogP contribution in [0.4, 0.5) is 0 Å². The van der Waals surface area contributed by atoms with Crippen molar-refractivity contribution in [1.82, 2.24) is 9.88 Å². The summed E-state index contributed by atoms with van der Waals surface area (Å²) in [4.78, 5) is 7.33. The monoisotopic (exact) mass is 442 g/mol. The van der Waals surface area contributed by atoms with E-state index in [4.69, 9.17) is 23.9 Å². The molecule has 0 radical (unpaired) electrons. The van der Waals surface area contributed by atoms with E-state index in [9.17, 15) is 0 Å². The smallest absolute Gasteiger partial charge is 0.203 e. The van der Waals surface area contributed by atoms with Crippen LogP contribution >= 0.6 is 11.3 Å². The van der Waals surface area contributed by atoms with Gasteiger partial charge in [-0.15, -0.1) is 11.3 Å². The average molecular weight is 443 g/mol. The summed E-state index contributed by atoms with van der Waals surface area (Å²) in [6, 6.07) is 14.0. The zero-order chi connectivity index (χ0) is 21.5. The number of nitrogens with zero attached hydrogens (tertiary/aromatic N) is 2. The Balaban J connectivity index is 1.14. The molecular formula is C24H30N2O4S. The Bertz CT molecular complexity index is 914. The maximum Gasteiger partial charge on any atom is 0.203 e. The number of benzene rings is 2. The van der Waals surface area contributed by atoms with E-state index in [-0.39, 0.29) is 0 Å². The highest BCUT2D eigenvalue weighted by Gasteiger charge is 2.23. The minimum absolute atomic E-state index is 0.455. The summed E-state index contributed by atoms with van der Waals surface area (Å²) in [6.45, 7) is 4.83. The molecule has 0 N–H and O–H groups in total. The summed E-state index contributed by atoms with van der Waals surface area (Å²) in [6.07, 6.45) is 2.33. The topological polar surface area (TPSA) is 53.1 Å². The molecule has 1 aliphatic heterocycles. The number of hydrogen-bond donors (Lipinski definition) is 0. The number of methoxy groups -OCH3 is 2. The summed E-state index contributed by atoms with van der Waals surface area (Å²) in [5.41, 5.74) is 1.13. The molecule has 1 fully saturated rings. The Morgan fingerprint density at radius 1 is 0.935 bits per heavy atom. The molecule has 6 nitrogen and oxygen atoms in total. The zero-order valence-corrected chi connectivity index (χ0v) is 19.0. The van der Waals surface area contributed by atoms with Crippen LogP contribution in [0.1, 0.15) is 23.8 Å². The average Bonchev–Trinajstić information content (AvgIpc) is 3.26. The number of ether oxygens (including phenoxy) is 4. The van der Waals surface area contributed by atoms with Crippen LogP contribution < -0.4 is 14.2 Å². The summed E-state index contributed by atoms with van der Waals surface area (Å²) in [5.74, 6) is 2.53. The highest BCUT2D eigenvalue weighted by Crippen LogP contribution is 2.36. The minimum Gasteiger partial charge on any atom is -0.493 e. The number of aromatic nitrogens is 1. The summed E-state index contributed by atoms with van der Waals surface area (Å²) in [7, 11) is 3.25. The number of rotatable bonds is 10. The van der Waals surface area contributed by atoms with Gasteiger partial charge in [0.15, 0.2) is 11.5 Å². The molecule has 2 aromatic carbocycles. The second kappa shape index (κ2) is 10.8. The third-order valence-corrected chi connectivity index (χ3v) is 6.85. The van der Waals surface area contributed by atoms with Gasteiger partial charge >= 0.3 is 0 Å². The Labute approximate surface area is 187 Å². The van der Waals surface area contributed by atoms with Gasteiger partial charge in [-0.1, -0.05) is 18.2 Å². The molecule has 1 aliphatic rings. The highest BCUT2D eigenvalue weighted by atomic mass is 32.1.